The van der Waals surface area contributed by atoms with E-state index in [2.05, 4.69) is 15.9 Å². The maximum absolute atomic E-state index is 13.6. The SMILES string of the molecule is O=c1c(Br)c(OCc2ccc(F)cc2F)ccn1Cc1ccc(F)cc1. The van der Waals surface area contributed by atoms with E-state index in [1.54, 1.807) is 18.2 Å². The van der Waals surface area contributed by atoms with Gasteiger partial charge in [0.1, 0.15) is 34.3 Å². The number of pyridine rings is 1. The van der Waals surface area contributed by atoms with Gasteiger partial charge in [0.05, 0.1) is 6.54 Å². The Bertz CT molecular complexity index is 987. The molecule has 0 fully saturated rings. The molecule has 7 heteroatoms. The van der Waals surface area contributed by atoms with Gasteiger partial charge < -0.3 is 9.30 Å². The summed E-state index contributed by atoms with van der Waals surface area (Å²) in [4.78, 5) is 12.4. The van der Waals surface area contributed by atoms with Gasteiger partial charge in [0, 0.05) is 17.8 Å². The van der Waals surface area contributed by atoms with Crippen LogP contribution in [-0.2, 0) is 13.2 Å². The van der Waals surface area contributed by atoms with Crippen LogP contribution >= 0.6 is 15.9 Å². The van der Waals surface area contributed by atoms with Crippen molar-refractivity contribution in [1.82, 2.24) is 4.57 Å². The molecule has 3 aromatic rings. The van der Waals surface area contributed by atoms with Crippen molar-refractivity contribution in [2.45, 2.75) is 13.2 Å². The molecule has 0 spiro atoms. The second-order valence-corrected chi connectivity index (χ2v) is 6.37. The summed E-state index contributed by atoms with van der Waals surface area (Å²) in [7, 11) is 0. The second kappa shape index (κ2) is 7.78. The van der Waals surface area contributed by atoms with Crippen LogP contribution in [0.15, 0.2) is 64.0 Å². The molecule has 26 heavy (non-hydrogen) atoms. The maximum Gasteiger partial charge on any atom is 0.268 e. The number of nitrogens with zero attached hydrogens (tertiary/aromatic N) is 1. The maximum atomic E-state index is 13.6. The smallest absolute Gasteiger partial charge is 0.268 e. The number of hydrogen-bond acceptors (Lipinski definition) is 2. The fourth-order valence-electron chi connectivity index (χ4n) is 2.35. The molecule has 0 N–H and O–H groups in total. The van der Waals surface area contributed by atoms with E-state index in [0.29, 0.717) is 0 Å². The van der Waals surface area contributed by atoms with Crippen LogP contribution in [0.3, 0.4) is 0 Å². The van der Waals surface area contributed by atoms with Crippen molar-refractivity contribution in [3.8, 4) is 5.75 Å². The van der Waals surface area contributed by atoms with Crippen molar-refractivity contribution in [3.05, 3.63) is 98.1 Å². The van der Waals surface area contributed by atoms with E-state index in [1.807, 2.05) is 0 Å². The van der Waals surface area contributed by atoms with Gasteiger partial charge in [0.25, 0.3) is 5.56 Å². The summed E-state index contributed by atoms with van der Waals surface area (Å²) in [5.74, 6) is -1.49. The Kier molecular flexibility index (Phi) is 5.46. The molecule has 0 atom stereocenters. The summed E-state index contributed by atoms with van der Waals surface area (Å²) in [5.41, 5.74) is 0.600. The highest BCUT2D eigenvalue weighted by atomic mass is 79.9. The van der Waals surface area contributed by atoms with Crippen LogP contribution in [0.2, 0.25) is 0 Å². The summed E-state index contributed by atoms with van der Waals surface area (Å²) in [6.07, 6.45) is 1.53. The number of halogens is 4. The standard InChI is InChI=1S/C19H13BrF3NO2/c20-18-17(26-11-13-3-6-15(22)9-16(13)23)7-8-24(19(18)25)10-12-1-4-14(21)5-2-12/h1-9H,10-11H2. The molecule has 134 valence electrons. The van der Waals surface area contributed by atoms with Gasteiger partial charge in [0.15, 0.2) is 0 Å². The second-order valence-electron chi connectivity index (χ2n) is 5.58. The van der Waals surface area contributed by atoms with Crippen LogP contribution in [0.1, 0.15) is 11.1 Å². The third-order valence-corrected chi connectivity index (χ3v) is 4.47. The first-order valence-corrected chi connectivity index (χ1v) is 8.43. The highest BCUT2D eigenvalue weighted by Crippen LogP contribution is 2.22. The number of hydrogen-bond donors (Lipinski definition) is 0. The van der Waals surface area contributed by atoms with Crippen molar-refractivity contribution in [3.63, 3.8) is 0 Å². The molecule has 3 nitrogen and oxygen atoms in total. The molecule has 0 saturated heterocycles. The topological polar surface area (TPSA) is 31.2 Å². The lowest BCUT2D eigenvalue weighted by atomic mass is 10.2. The first kappa shape index (κ1) is 18.3. The third-order valence-electron chi connectivity index (χ3n) is 3.74. The molecule has 0 aliphatic heterocycles. The summed E-state index contributed by atoms with van der Waals surface area (Å²) in [5, 5.41) is 0. The van der Waals surface area contributed by atoms with Crippen LogP contribution in [0, 0.1) is 17.5 Å². The molecular formula is C19H13BrF3NO2. The molecule has 0 bridgehead atoms. The van der Waals surface area contributed by atoms with Crippen LogP contribution in [0.25, 0.3) is 0 Å². The van der Waals surface area contributed by atoms with Gasteiger partial charge in [-0.15, -0.1) is 0 Å². The fraction of sp³-hybridized carbons (Fsp3) is 0.105. The van der Waals surface area contributed by atoms with Gasteiger partial charge in [-0.05, 0) is 51.8 Å². The third kappa shape index (κ3) is 4.16. The zero-order chi connectivity index (χ0) is 18.7. The Morgan fingerprint density at radius 3 is 2.35 bits per heavy atom. The van der Waals surface area contributed by atoms with Gasteiger partial charge in [-0.2, -0.15) is 0 Å². The van der Waals surface area contributed by atoms with E-state index >= 15 is 0 Å². The monoisotopic (exact) mass is 423 g/mol. The van der Waals surface area contributed by atoms with Gasteiger partial charge in [-0.3, -0.25) is 4.79 Å². The largest absolute Gasteiger partial charge is 0.487 e. The van der Waals surface area contributed by atoms with Crippen molar-refractivity contribution < 1.29 is 17.9 Å². The molecule has 0 unspecified atom stereocenters. The van der Waals surface area contributed by atoms with Crippen molar-refractivity contribution in [1.29, 1.82) is 0 Å². The summed E-state index contributed by atoms with van der Waals surface area (Å²) in [6, 6.07) is 10.6. The Hall–Kier alpha value is -2.54. The van der Waals surface area contributed by atoms with Crippen LogP contribution < -0.4 is 10.3 Å². The van der Waals surface area contributed by atoms with E-state index in [9.17, 15) is 18.0 Å². The van der Waals surface area contributed by atoms with E-state index in [-0.39, 0.29) is 40.3 Å². The van der Waals surface area contributed by atoms with Crippen molar-refractivity contribution >= 4 is 15.9 Å². The van der Waals surface area contributed by atoms with Crippen molar-refractivity contribution in [2.24, 2.45) is 0 Å². The molecule has 2 aromatic carbocycles. The average Bonchev–Trinajstić information content (AvgIpc) is 2.61. The Balaban J connectivity index is 1.76. The molecule has 0 amide bonds. The molecular weight excluding hydrogens is 411 g/mol. The van der Waals surface area contributed by atoms with Crippen LogP contribution in [0.4, 0.5) is 13.2 Å². The molecule has 3 rings (SSSR count). The minimum atomic E-state index is -0.717. The molecule has 0 aliphatic carbocycles. The molecule has 0 aliphatic rings. The van der Waals surface area contributed by atoms with Crippen LogP contribution in [0.5, 0.6) is 5.75 Å². The zero-order valence-corrected chi connectivity index (χ0v) is 15.0. The Morgan fingerprint density at radius 2 is 1.65 bits per heavy atom. The quantitative estimate of drug-likeness (QED) is 0.597. The lowest BCUT2D eigenvalue weighted by Crippen LogP contribution is -2.21. The lowest BCUT2D eigenvalue weighted by molar-refractivity contribution is 0.296. The highest BCUT2D eigenvalue weighted by Gasteiger charge is 2.11. The minimum absolute atomic E-state index is 0.147. The van der Waals surface area contributed by atoms with Gasteiger partial charge >= 0.3 is 0 Å². The van der Waals surface area contributed by atoms with E-state index in [4.69, 9.17) is 4.74 Å². The predicted molar refractivity (Wildman–Crippen MR) is 94.6 cm³/mol. The van der Waals surface area contributed by atoms with Gasteiger partial charge in [-0.25, -0.2) is 13.2 Å². The van der Waals surface area contributed by atoms with Crippen LogP contribution in [-0.4, -0.2) is 4.57 Å². The van der Waals surface area contributed by atoms with E-state index < -0.39 is 11.6 Å². The fourth-order valence-corrected chi connectivity index (χ4v) is 2.82. The highest BCUT2D eigenvalue weighted by molar-refractivity contribution is 9.10. The Labute approximate surface area is 155 Å². The Morgan fingerprint density at radius 1 is 0.962 bits per heavy atom. The van der Waals surface area contributed by atoms with Gasteiger partial charge in [0.2, 0.25) is 0 Å². The average molecular weight is 424 g/mol. The summed E-state index contributed by atoms with van der Waals surface area (Å²) < 4.78 is 46.6. The zero-order valence-electron chi connectivity index (χ0n) is 13.4. The number of aromatic nitrogens is 1. The van der Waals surface area contributed by atoms with E-state index in [1.165, 1.54) is 29.0 Å². The number of rotatable bonds is 5. The number of benzene rings is 2. The van der Waals surface area contributed by atoms with E-state index in [0.717, 1.165) is 17.7 Å². The first-order chi connectivity index (χ1) is 12.4. The predicted octanol–water partition coefficient (Wildman–Crippen LogP) is 4.66. The molecule has 0 radical (unpaired) electrons. The normalized spacial score (nSPS) is 10.8. The number of ether oxygens (including phenoxy) is 1. The lowest BCUT2D eigenvalue weighted by Gasteiger charge is -2.12. The van der Waals surface area contributed by atoms with Crippen molar-refractivity contribution in [2.75, 3.05) is 0 Å². The molecule has 1 aromatic heterocycles. The minimum Gasteiger partial charge on any atom is -0.487 e. The molecule has 1 heterocycles. The summed E-state index contributed by atoms with van der Waals surface area (Å²) in [6.45, 7) is 0.122. The van der Waals surface area contributed by atoms with Gasteiger partial charge in [-0.1, -0.05) is 12.1 Å². The summed E-state index contributed by atoms with van der Waals surface area (Å²) >= 11 is 3.19. The molecule has 0 saturated carbocycles. The first-order valence-electron chi connectivity index (χ1n) is 7.64.